The zero-order valence-corrected chi connectivity index (χ0v) is 15.8. The van der Waals surface area contributed by atoms with Gasteiger partial charge in [0.15, 0.2) is 0 Å². The third kappa shape index (κ3) is 4.30. The van der Waals surface area contributed by atoms with Crippen LogP contribution in [0.15, 0.2) is 24.3 Å². The highest BCUT2D eigenvalue weighted by molar-refractivity contribution is 6.08. The first-order valence-electron chi connectivity index (χ1n) is 10.1. The molecular weight excluding hydrogens is 325 g/mol. The minimum absolute atomic E-state index is 0.0920. The molecule has 5 N–H and O–H groups in total. The summed E-state index contributed by atoms with van der Waals surface area (Å²) in [5.41, 5.74) is 8.09. The number of nitrogens with two attached hydrogens (primary N) is 1. The Morgan fingerprint density at radius 1 is 1.31 bits per heavy atom. The van der Waals surface area contributed by atoms with Gasteiger partial charge in [0.05, 0.1) is 0 Å². The van der Waals surface area contributed by atoms with Gasteiger partial charge in [-0.15, -0.1) is 0 Å². The number of hydrogen-bond donors (Lipinski definition) is 4. The predicted molar refractivity (Wildman–Crippen MR) is 107 cm³/mol. The van der Waals surface area contributed by atoms with Gasteiger partial charge in [0, 0.05) is 25.2 Å². The average molecular weight is 357 g/mol. The summed E-state index contributed by atoms with van der Waals surface area (Å²) in [4.78, 5) is 11.7. The molecule has 26 heavy (non-hydrogen) atoms. The Balaban J connectivity index is 1.43. The normalized spacial score (nSPS) is 27.2. The second kappa shape index (κ2) is 8.55. The number of carboxylic acids is 1. The molecule has 6 heteroatoms. The highest BCUT2D eigenvalue weighted by atomic mass is 16.4. The number of nitrogens with one attached hydrogen (secondary N) is 2. The second-order valence-electron chi connectivity index (χ2n) is 8.13. The lowest BCUT2D eigenvalue weighted by atomic mass is 9.66. The van der Waals surface area contributed by atoms with Crippen molar-refractivity contribution in [3.63, 3.8) is 0 Å². The molecule has 1 aromatic carbocycles. The number of unbranched alkanes of at least 4 members (excludes halogenated alkanes) is 1. The molecule has 142 valence electrons. The maximum Gasteiger partial charge on any atom is 0.323 e. The van der Waals surface area contributed by atoms with Crippen molar-refractivity contribution in [1.29, 1.82) is 0 Å². The molecule has 0 bridgehead atoms. The van der Waals surface area contributed by atoms with E-state index in [-0.39, 0.29) is 5.92 Å². The van der Waals surface area contributed by atoms with E-state index in [9.17, 15) is 9.90 Å². The molecule has 1 aliphatic carbocycles. The molecule has 2 atom stereocenters. The van der Waals surface area contributed by atoms with Crippen molar-refractivity contribution in [1.82, 2.24) is 10.6 Å². The fourth-order valence-corrected chi connectivity index (χ4v) is 4.33. The molecule has 0 saturated heterocycles. The van der Waals surface area contributed by atoms with Crippen LogP contribution in [0.25, 0.3) is 0 Å². The highest BCUT2D eigenvalue weighted by Gasteiger charge is 2.48. The lowest BCUT2D eigenvalue weighted by molar-refractivity contribution is -0.148. The standard InChI is InChI=1S/C20H32BN3O2/c21-8-4-3-7-20(22,19(25)26)16-10-17(11-16)24-13-18-9-14-5-1-2-6-15(14)12-23-18/h1-2,5-6,16-18,23-24H,3-4,7-13,21-22H2,(H,25,26)/t16-,17+,18-,20?/m0/s1. The number of carbonyl (C=O) groups is 1. The van der Waals surface area contributed by atoms with Crippen LogP contribution in [0.5, 0.6) is 0 Å². The van der Waals surface area contributed by atoms with Gasteiger partial charge in [-0.05, 0) is 42.7 Å². The first-order valence-corrected chi connectivity index (χ1v) is 10.1. The number of carboxylic acid groups (broad SMARTS) is 1. The largest absolute Gasteiger partial charge is 0.480 e. The molecule has 1 saturated carbocycles. The second-order valence-corrected chi connectivity index (χ2v) is 8.13. The molecule has 1 aromatic rings. The van der Waals surface area contributed by atoms with Crippen LogP contribution in [-0.2, 0) is 17.8 Å². The Kier molecular flexibility index (Phi) is 6.38. The maximum atomic E-state index is 11.7. The molecule has 0 radical (unpaired) electrons. The Morgan fingerprint density at radius 3 is 2.73 bits per heavy atom. The van der Waals surface area contributed by atoms with Crippen LogP contribution >= 0.6 is 0 Å². The van der Waals surface area contributed by atoms with Gasteiger partial charge in [-0.3, -0.25) is 4.79 Å². The zero-order chi connectivity index (χ0) is 18.6. The summed E-state index contributed by atoms with van der Waals surface area (Å²) in [6, 6.07) is 9.44. The van der Waals surface area contributed by atoms with Crippen molar-refractivity contribution in [2.45, 2.75) is 69.0 Å². The van der Waals surface area contributed by atoms with Crippen molar-refractivity contribution < 1.29 is 9.90 Å². The van der Waals surface area contributed by atoms with Crippen molar-refractivity contribution in [3.05, 3.63) is 35.4 Å². The van der Waals surface area contributed by atoms with E-state index >= 15 is 0 Å². The van der Waals surface area contributed by atoms with E-state index in [2.05, 4.69) is 42.7 Å². The molecule has 0 spiro atoms. The lowest BCUT2D eigenvalue weighted by Crippen LogP contribution is -2.61. The number of hydrogen-bond acceptors (Lipinski definition) is 4. The van der Waals surface area contributed by atoms with E-state index in [0.717, 1.165) is 51.5 Å². The molecule has 2 aliphatic rings. The van der Waals surface area contributed by atoms with Crippen molar-refractivity contribution in [2.75, 3.05) is 6.54 Å². The van der Waals surface area contributed by atoms with Gasteiger partial charge in [-0.25, -0.2) is 0 Å². The van der Waals surface area contributed by atoms with Crippen LogP contribution in [0.4, 0.5) is 0 Å². The highest BCUT2D eigenvalue weighted by Crippen LogP contribution is 2.38. The smallest absolute Gasteiger partial charge is 0.323 e. The van der Waals surface area contributed by atoms with Crippen LogP contribution in [0.1, 0.15) is 43.2 Å². The minimum atomic E-state index is -1.05. The quantitative estimate of drug-likeness (QED) is 0.392. The first-order chi connectivity index (χ1) is 12.5. The van der Waals surface area contributed by atoms with Crippen LogP contribution in [0, 0.1) is 5.92 Å². The van der Waals surface area contributed by atoms with Crippen LogP contribution in [0.3, 0.4) is 0 Å². The van der Waals surface area contributed by atoms with Crippen LogP contribution in [-0.4, -0.2) is 43.1 Å². The van der Waals surface area contributed by atoms with Gasteiger partial charge >= 0.3 is 5.97 Å². The molecule has 3 rings (SSSR count). The Hall–Kier alpha value is -1.37. The molecular formula is C20H32BN3O2. The van der Waals surface area contributed by atoms with Crippen molar-refractivity contribution in [2.24, 2.45) is 11.7 Å². The van der Waals surface area contributed by atoms with Crippen molar-refractivity contribution >= 4 is 13.8 Å². The molecule has 0 amide bonds. The van der Waals surface area contributed by atoms with Gasteiger partial charge in [0.2, 0.25) is 0 Å². The monoisotopic (exact) mass is 357 g/mol. The third-order valence-electron chi connectivity index (χ3n) is 6.28. The van der Waals surface area contributed by atoms with E-state index in [1.165, 1.54) is 11.1 Å². The summed E-state index contributed by atoms with van der Waals surface area (Å²) in [6.07, 6.45) is 6.42. The Labute approximate surface area is 157 Å². The first kappa shape index (κ1) is 19.4. The number of rotatable bonds is 9. The average Bonchev–Trinajstić information content (AvgIpc) is 2.60. The molecule has 5 nitrogen and oxygen atoms in total. The van der Waals surface area contributed by atoms with E-state index in [1.807, 2.05) is 0 Å². The molecule has 1 unspecified atom stereocenters. The molecule has 1 fully saturated rings. The minimum Gasteiger partial charge on any atom is -0.480 e. The van der Waals surface area contributed by atoms with Gasteiger partial charge in [0.25, 0.3) is 0 Å². The summed E-state index contributed by atoms with van der Waals surface area (Å²) < 4.78 is 0. The lowest BCUT2D eigenvalue weighted by Gasteiger charge is -2.45. The molecule has 1 aliphatic heterocycles. The number of benzene rings is 1. The molecule has 0 aromatic heterocycles. The predicted octanol–water partition coefficient (Wildman–Crippen LogP) is 1.07. The fraction of sp³-hybridized carbons (Fsp3) is 0.650. The number of aliphatic carboxylic acids is 1. The summed E-state index contributed by atoms with van der Waals surface area (Å²) in [7, 11) is 2.12. The zero-order valence-electron chi connectivity index (χ0n) is 15.8. The van der Waals surface area contributed by atoms with E-state index in [1.54, 1.807) is 0 Å². The summed E-state index contributed by atoms with van der Waals surface area (Å²) in [6.45, 7) is 1.85. The Bertz CT molecular complexity index is 621. The topological polar surface area (TPSA) is 87.4 Å². The van der Waals surface area contributed by atoms with Gasteiger partial charge in [-0.2, -0.15) is 0 Å². The van der Waals surface area contributed by atoms with E-state index in [0.29, 0.717) is 18.5 Å². The summed E-state index contributed by atoms with van der Waals surface area (Å²) >= 11 is 0. The third-order valence-corrected chi connectivity index (χ3v) is 6.28. The van der Waals surface area contributed by atoms with Gasteiger partial charge in [0.1, 0.15) is 13.4 Å². The number of fused-ring (bicyclic) bond motifs is 1. The Morgan fingerprint density at radius 2 is 2.04 bits per heavy atom. The molecule has 1 heterocycles. The van der Waals surface area contributed by atoms with E-state index < -0.39 is 11.5 Å². The van der Waals surface area contributed by atoms with E-state index in [4.69, 9.17) is 5.73 Å². The van der Waals surface area contributed by atoms with Gasteiger partial charge < -0.3 is 21.5 Å². The summed E-state index contributed by atoms with van der Waals surface area (Å²) in [5.74, 6) is -0.739. The maximum absolute atomic E-state index is 11.7. The van der Waals surface area contributed by atoms with Gasteiger partial charge in [-0.1, -0.05) is 43.4 Å². The van der Waals surface area contributed by atoms with Crippen LogP contribution in [0.2, 0.25) is 6.32 Å². The summed E-state index contributed by atoms with van der Waals surface area (Å²) in [5, 5.41) is 16.8. The fourth-order valence-electron chi connectivity index (χ4n) is 4.33. The SMILES string of the molecule is BCCCCC(N)(C(=O)O)[C@H]1C[C@@H](NC[C@@H]2Cc3ccccc3CN2)C1. The van der Waals surface area contributed by atoms with Crippen molar-refractivity contribution in [3.8, 4) is 0 Å². The van der Waals surface area contributed by atoms with Crippen LogP contribution < -0.4 is 16.4 Å².